The van der Waals surface area contributed by atoms with E-state index in [9.17, 15) is 4.79 Å². The summed E-state index contributed by atoms with van der Waals surface area (Å²) < 4.78 is 0. The summed E-state index contributed by atoms with van der Waals surface area (Å²) in [4.78, 5) is 14.7. The molecule has 3 rings (SSSR count). The van der Waals surface area contributed by atoms with E-state index in [1.807, 2.05) is 12.1 Å². The highest BCUT2D eigenvalue weighted by molar-refractivity contribution is 5.84. The Morgan fingerprint density at radius 2 is 2.26 bits per heavy atom. The summed E-state index contributed by atoms with van der Waals surface area (Å²) in [6.45, 7) is 2.90. The Hall–Kier alpha value is -1.39. The number of likely N-dealkylation sites (tertiary alicyclic amines) is 1. The van der Waals surface area contributed by atoms with Crippen molar-refractivity contribution in [1.82, 2.24) is 15.5 Å². The number of carbonyl (C=O) groups excluding carboxylic acids is 1. The molecule has 2 N–H and O–H groups in total. The maximum Gasteiger partial charge on any atom is 0.242 e. The number of likely N-dealkylation sites (N-methyl/N-ethyl adjacent to an activating group) is 1. The van der Waals surface area contributed by atoms with Gasteiger partial charge in [-0.1, -0.05) is 24.3 Å². The van der Waals surface area contributed by atoms with E-state index in [0.717, 1.165) is 38.0 Å². The Balaban J connectivity index is 1.71. The lowest BCUT2D eigenvalue weighted by Crippen LogP contribution is -2.45. The Morgan fingerprint density at radius 3 is 3.05 bits per heavy atom. The van der Waals surface area contributed by atoms with Crippen LogP contribution in [0.4, 0.5) is 0 Å². The van der Waals surface area contributed by atoms with Crippen LogP contribution in [-0.4, -0.2) is 43.5 Å². The molecule has 19 heavy (non-hydrogen) atoms. The maximum atomic E-state index is 12.4. The number of hydrogen-bond acceptors (Lipinski definition) is 3. The lowest BCUT2D eigenvalue weighted by molar-refractivity contribution is -0.124. The van der Waals surface area contributed by atoms with Crippen LogP contribution in [0.15, 0.2) is 24.3 Å². The van der Waals surface area contributed by atoms with Crippen LogP contribution in [0.2, 0.25) is 0 Å². The Kier molecular flexibility index (Phi) is 3.53. The SMILES string of the molecule is CN1CCC(NC(=O)C2NCCc3ccccc32)C1. The monoisotopic (exact) mass is 259 g/mol. The number of fused-ring (bicyclic) bond motifs is 1. The minimum atomic E-state index is -0.184. The molecule has 0 spiro atoms. The summed E-state index contributed by atoms with van der Waals surface area (Å²) in [6, 6.07) is 8.36. The topological polar surface area (TPSA) is 44.4 Å². The largest absolute Gasteiger partial charge is 0.350 e. The minimum absolute atomic E-state index is 0.118. The first-order valence-corrected chi connectivity index (χ1v) is 7.04. The maximum absolute atomic E-state index is 12.4. The quantitative estimate of drug-likeness (QED) is 0.821. The predicted octanol–water partition coefficient (Wildman–Crippen LogP) is 0.694. The summed E-state index contributed by atoms with van der Waals surface area (Å²) in [5.41, 5.74) is 2.43. The van der Waals surface area contributed by atoms with Gasteiger partial charge in [-0.15, -0.1) is 0 Å². The Bertz CT molecular complexity index is 474. The number of carbonyl (C=O) groups is 1. The first-order chi connectivity index (χ1) is 9.24. The first-order valence-electron chi connectivity index (χ1n) is 7.04. The standard InChI is InChI=1S/C15H21N3O/c1-18-9-7-12(10-18)17-15(19)14-13-5-3-2-4-11(13)6-8-16-14/h2-5,12,14,16H,6-10H2,1H3,(H,17,19). The fourth-order valence-corrected chi connectivity index (χ4v) is 3.08. The van der Waals surface area contributed by atoms with Crippen LogP contribution in [0.25, 0.3) is 0 Å². The molecule has 1 aromatic rings. The number of benzene rings is 1. The van der Waals surface area contributed by atoms with E-state index in [-0.39, 0.29) is 11.9 Å². The Labute approximate surface area is 114 Å². The molecule has 0 bridgehead atoms. The highest BCUT2D eigenvalue weighted by Gasteiger charge is 2.29. The van der Waals surface area contributed by atoms with Gasteiger partial charge < -0.3 is 15.5 Å². The number of rotatable bonds is 2. The van der Waals surface area contributed by atoms with Gasteiger partial charge in [0.1, 0.15) is 6.04 Å². The molecule has 0 aromatic heterocycles. The van der Waals surface area contributed by atoms with E-state index in [2.05, 4.69) is 34.7 Å². The highest BCUT2D eigenvalue weighted by Crippen LogP contribution is 2.23. The molecule has 2 aliphatic heterocycles. The van der Waals surface area contributed by atoms with Crippen LogP contribution in [0.5, 0.6) is 0 Å². The minimum Gasteiger partial charge on any atom is -0.350 e. The van der Waals surface area contributed by atoms with Gasteiger partial charge in [0.2, 0.25) is 5.91 Å². The molecule has 2 heterocycles. The molecular formula is C15H21N3O. The molecule has 1 aromatic carbocycles. The van der Waals surface area contributed by atoms with Crippen LogP contribution in [-0.2, 0) is 11.2 Å². The van der Waals surface area contributed by atoms with Gasteiger partial charge in [-0.05, 0) is 37.6 Å². The molecule has 4 heteroatoms. The molecule has 2 aliphatic rings. The number of hydrogen-bond donors (Lipinski definition) is 2. The summed E-state index contributed by atoms with van der Waals surface area (Å²) in [5, 5.41) is 6.51. The molecule has 1 saturated heterocycles. The smallest absolute Gasteiger partial charge is 0.242 e. The summed E-state index contributed by atoms with van der Waals surface area (Å²) in [6.07, 6.45) is 2.06. The number of nitrogens with zero attached hydrogens (tertiary/aromatic N) is 1. The highest BCUT2D eigenvalue weighted by atomic mass is 16.2. The van der Waals surface area contributed by atoms with E-state index < -0.39 is 0 Å². The second-order valence-corrected chi connectivity index (χ2v) is 5.59. The van der Waals surface area contributed by atoms with Gasteiger partial charge in [0.25, 0.3) is 0 Å². The van der Waals surface area contributed by atoms with E-state index in [0.29, 0.717) is 6.04 Å². The van der Waals surface area contributed by atoms with Gasteiger partial charge in [0.05, 0.1) is 0 Å². The number of amides is 1. The van der Waals surface area contributed by atoms with Crippen molar-refractivity contribution in [2.45, 2.75) is 24.9 Å². The second kappa shape index (κ2) is 5.31. The van der Waals surface area contributed by atoms with Crippen LogP contribution in [0, 0.1) is 0 Å². The lowest BCUT2D eigenvalue weighted by atomic mass is 9.94. The summed E-state index contributed by atoms with van der Waals surface area (Å²) >= 11 is 0. The van der Waals surface area contributed by atoms with Gasteiger partial charge in [-0.25, -0.2) is 0 Å². The normalized spacial score (nSPS) is 27.0. The van der Waals surface area contributed by atoms with E-state index in [1.54, 1.807) is 0 Å². The van der Waals surface area contributed by atoms with Gasteiger partial charge in [-0.2, -0.15) is 0 Å². The van der Waals surface area contributed by atoms with Crippen LogP contribution >= 0.6 is 0 Å². The van der Waals surface area contributed by atoms with Crippen molar-refractivity contribution in [3.8, 4) is 0 Å². The van der Waals surface area contributed by atoms with Crippen molar-refractivity contribution in [1.29, 1.82) is 0 Å². The average Bonchev–Trinajstić information content (AvgIpc) is 2.83. The molecule has 2 atom stereocenters. The summed E-state index contributed by atoms with van der Waals surface area (Å²) in [5.74, 6) is 0.118. The molecule has 1 fully saturated rings. The molecule has 2 unspecified atom stereocenters. The van der Waals surface area contributed by atoms with E-state index in [1.165, 1.54) is 5.56 Å². The van der Waals surface area contributed by atoms with Crippen molar-refractivity contribution in [2.24, 2.45) is 0 Å². The zero-order chi connectivity index (χ0) is 13.2. The van der Waals surface area contributed by atoms with Crippen molar-refractivity contribution >= 4 is 5.91 Å². The van der Waals surface area contributed by atoms with Crippen molar-refractivity contribution in [3.05, 3.63) is 35.4 Å². The first kappa shape index (κ1) is 12.6. The molecule has 0 saturated carbocycles. The second-order valence-electron chi connectivity index (χ2n) is 5.59. The van der Waals surface area contributed by atoms with Crippen molar-refractivity contribution in [2.75, 3.05) is 26.7 Å². The third-order valence-electron chi connectivity index (χ3n) is 4.11. The predicted molar refractivity (Wildman–Crippen MR) is 74.9 cm³/mol. The average molecular weight is 259 g/mol. The van der Waals surface area contributed by atoms with Crippen LogP contribution in [0.3, 0.4) is 0 Å². The van der Waals surface area contributed by atoms with Gasteiger partial charge in [0.15, 0.2) is 0 Å². The fourth-order valence-electron chi connectivity index (χ4n) is 3.08. The molecule has 4 nitrogen and oxygen atoms in total. The number of nitrogens with one attached hydrogen (secondary N) is 2. The van der Waals surface area contributed by atoms with Gasteiger partial charge in [0, 0.05) is 19.1 Å². The van der Waals surface area contributed by atoms with E-state index >= 15 is 0 Å². The fraction of sp³-hybridized carbons (Fsp3) is 0.533. The zero-order valence-corrected chi connectivity index (χ0v) is 11.4. The van der Waals surface area contributed by atoms with E-state index in [4.69, 9.17) is 0 Å². The van der Waals surface area contributed by atoms with Gasteiger partial charge >= 0.3 is 0 Å². The molecule has 0 aliphatic carbocycles. The molecule has 0 radical (unpaired) electrons. The molecule has 102 valence electrons. The lowest BCUT2D eigenvalue weighted by Gasteiger charge is -2.27. The molecular weight excluding hydrogens is 238 g/mol. The van der Waals surface area contributed by atoms with Crippen molar-refractivity contribution < 1.29 is 4.79 Å². The zero-order valence-electron chi connectivity index (χ0n) is 11.4. The van der Waals surface area contributed by atoms with Crippen LogP contribution in [0.1, 0.15) is 23.6 Å². The Morgan fingerprint density at radius 1 is 1.42 bits per heavy atom. The van der Waals surface area contributed by atoms with Crippen molar-refractivity contribution in [3.63, 3.8) is 0 Å². The third kappa shape index (κ3) is 2.65. The molecule has 1 amide bonds. The third-order valence-corrected chi connectivity index (χ3v) is 4.11. The van der Waals surface area contributed by atoms with Gasteiger partial charge in [-0.3, -0.25) is 4.79 Å². The van der Waals surface area contributed by atoms with Crippen LogP contribution < -0.4 is 10.6 Å². The summed E-state index contributed by atoms with van der Waals surface area (Å²) in [7, 11) is 2.10.